The van der Waals surface area contributed by atoms with E-state index in [0.717, 1.165) is 25.7 Å². The second-order valence-electron chi connectivity index (χ2n) is 6.47. The molecule has 1 aliphatic heterocycles. The van der Waals surface area contributed by atoms with Gasteiger partial charge in [-0.05, 0) is 38.0 Å². The molecule has 1 aromatic rings. The first-order valence-corrected chi connectivity index (χ1v) is 8.45. The summed E-state index contributed by atoms with van der Waals surface area (Å²) in [7, 11) is 0. The summed E-state index contributed by atoms with van der Waals surface area (Å²) >= 11 is 0. The van der Waals surface area contributed by atoms with Crippen molar-refractivity contribution in [3.8, 4) is 0 Å². The fraction of sp³-hybridized carbons (Fsp3) is 0.556. The Bertz CT molecular complexity index is 581. The molecule has 1 aliphatic carbocycles. The van der Waals surface area contributed by atoms with Crippen LogP contribution in [0.3, 0.4) is 0 Å². The normalized spacial score (nSPS) is 22.1. The largest absolute Gasteiger partial charge is 0.377 e. The van der Waals surface area contributed by atoms with Crippen LogP contribution in [0.5, 0.6) is 0 Å². The maximum atomic E-state index is 12.7. The molecule has 1 unspecified atom stereocenters. The van der Waals surface area contributed by atoms with Crippen LogP contribution in [0.2, 0.25) is 0 Å². The molecule has 0 radical (unpaired) electrons. The molecule has 1 aromatic carbocycles. The van der Waals surface area contributed by atoms with Gasteiger partial charge in [0.15, 0.2) is 0 Å². The van der Waals surface area contributed by atoms with Gasteiger partial charge in [0.05, 0.1) is 19.3 Å². The van der Waals surface area contributed by atoms with E-state index in [1.165, 1.54) is 0 Å². The van der Waals surface area contributed by atoms with E-state index in [2.05, 4.69) is 5.32 Å². The first-order chi connectivity index (χ1) is 11.1. The Kier molecular flexibility index (Phi) is 4.96. The highest BCUT2D eigenvalue weighted by Crippen LogP contribution is 2.26. The topological polar surface area (TPSA) is 58.6 Å². The Labute approximate surface area is 137 Å². The zero-order valence-electron chi connectivity index (χ0n) is 13.6. The van der Waals surface area contributed by atoms with Crippen LogP contribution in [0.15, 0.2) is 24.3 Å². The lowest BCUT2D eigenvalue weighted by molar-refractivity contribution is -0.119. The van der Waals surface area contributed by atoms with E-state index in [-0.39, 0.29) is 23.8 Å². The Morgan fingerprint density at radius 3 is 2.78 bits per heavy atom. The highest BCUT2D eigenvalue weighted by molar-refractivity contribution is 5.97. The lowest BCUT2D eigenvalue weighted by Crippen LogP contribution is -2.47. The lowest BCUT2D eigenvalue weighted by atomic mass is 10.1. The Hall–Kier alpha value is -1.88. The second-order valence-corrected chi connectivity index (χ2v) is 6.47. The second kappa shape index (κ2) is 7.13. The highest BCUT2D eigenvalue weighted by atomic mass is 16.5. The van der Waals surface area contributed by atoms with Crippen LogP contribution >= 0.6 is 0 Å². The molecule has 0 aromatic heterocycles. The van der Waals surface area contributed by atoms with Crippen LogP contribution in [0.25, 0.3) is 0 Å². The zero-order chi connectivity index (χ0) is 16.2. The van der Waals surface area contributed by atoms with Gasteiger partial charge in [-0.3, -0.25) is 9.59 Å². The van der Waals surface area contributed by atoms with Gasteiger partial charge in [-0.25, -0.2) is 0 Å². The molecular formula is C18H24N2O3. The molecule has 2 aliphatic rings. The van der Waals surface area contributed by atoms with E-state index in [4.69, 9.17) is 4.74 Å². The number of rotatable bonds is 3. The van der Waals surface area contributed by atoms with Crippen molar-refractivity contribution in [3.05, 3.63) is 29.8 Å². The Morgan fingerprint density at radius 1 is 1.26 bits per heavy atom. The molecular weight excluding hydrogens is 292 g/mol. The molecule has 1 N–H and O–H groups in total. The van der Waals surface area contributed by atoms with Gasteiger partial charge >= 0.3 is 0 Å². The average Bonchev–Trinajstić information content (AvgIpc) is 3.09. The standard InChI is InChI=1S/C18H24N2O3/c1-13-12-23-10-9-20(13)18(22)15-7-4-8-16(11-15)19-17(21)14-5-2-3-6-14/h4,7-8,11,13-14H,2-3,5-6,9-10,12H2,1H3,(H,19,21). The van der Waals surface area contributed by atoms with Crippen molar-refractivity contribution in [2.45, 2.75) is 38.6 Å². The van der Waals surface area contributed by atoms with Gasteiger partial charge in [-0.2, -0.15) is 0 Å². The molecule has 3 rings (SSSR count). The summed E-state index contributed by atoms with van der Waals surface area (Å²) in [5.74, 6) is 0.193. The first-order valence-electron chi connectivity index (χ1n) is 8.45. The zero-order valence-corrected chi connectivity index (χ0v) is 13.6. The van der Waals surface area contributed by atoms with Crippen molar-refractivity contribution in [1.29, 1.82) is 0 Å². The van der Waals surface area contributed by atoms with Gasteiger partial charge in [-0.1, -0.05) is 18.9 Å². The number of amides is 2. The summed E-state index contributed by atoms with van der Waals surface area (Å²) in [5.41, 5.74) is 1.32. The van der Waals surface area contributed by atoms with Crippen molar-refractivity contribution in [2.75, 3.05) is 25.1 Å². The third-order valence-electron chi connectivity index (χ3n) is 4.73. The Balaban J connectivity index is 1.69. The van der Waals surface area contributed by atoms with Gasteiger partial charge in [0.2, 0.25) is 5.91 Å². The monoisotopic (exact) mass is 316 g/mol. The van der Waals surface area contributed by atoms with Gasteiger partial charge in [0.1, 0.15) is 0 Å². The third-order valence-corrected chi connectivity index (χ3v) is 4.73. The molecule has 0 spiro atoms. The Morgan fingerprint density at radius 2 is 2.04 bits per heavy atom. The van der Waals surface area contributed by atoms with E-state index in [9.17, 15) is 9.59 Å². The van der Waals surface area contributed by atoms with Crippen LogP contribution in [0.4, 0.5) is 5.69 Å². The number of ether oxygens (including phenoxy) is 1. The number of benzene rings is 1. The van der Waals surface area contributed by atoms with Crippen LogP contribution in [-0.4, -0.2) is 42.5 Å². The molecule has 0 bridgehead atoms. The highest BCUT2D eigenvalue weighted by Gasteiger charge is 2.26. The van der Waals surface area contributed by atoms with E-state index in [0.29, 0.717) is 31.0 Å². The molecule has 1 saturated carbocycles. The summed E-state index contributed by atoms with van der Waals surface area (Å²) in [6.07, 6.45) is 4.20. The van der Waals surface area contributed by atoms with Crippen LogP contribution in [0, 0.1) is 5.92 Å². The molecule has 2 fully saturated rings. The SMILES string of the molecule is CC1COCCN1C(=O)c1cccc(NC(=O)C2CCCC2)c1. The van der Waals surface area contributed by atoms with Crippen molar-refractivity contribution >= 4 is 17.5 Å². The fourth-order valence-electron chi connectivity index (χ4n) is 3.36. The number of morpholine rings is 1. The van der Waals surface area contributed by atoms with Crippen molar-refractivity contribution in [3.63, 3.8) is 0 Å². The summed E-state index contributed by atoms with van der Waals surface area (Å²) in [4.78, 5) is 26.7. The van der Waals surface area contributed by atoms with E-state index in [1.54, 1.807) is 12.1 Å². The molecule has 1 saturated heterocycles. The number of nitrogens with one attached hydrogen (secondary N) is 1. The minimum atomic E-state index is -0.00207. The first kappa shape index (κ1) is 16.0. The van der Waals surface area contributed by atoms with Gasteiger partial charge in [-0.15, -0.1) is 0 Å². The third kappa shape index (κ3) is 3.72. The van der Waals surface area contributed by atoms with Crippen molar-refractivity contribution in [2.24, 2.45) is 5.92 Å². The number of anilines is 1. The van der Waals surface area contributed by atoms with Crippen LogP contribution < -0.4 is 5.32 Å². The molecule has 1 atom stereocenters. The van der Waals surface area contributed by atoms with Gasteiger partial charge < -0.3 is 15.0 Å². The number of nitrogens with zero attached hydrogens (tertiary/aromatic N) is 1. The molecule has 5 nitrogen and oxygen atoms in total. The summed E-state index contributed by atoms with van der Waals surface area (Å²) in [6.45, 7) is 3.75. The quantitative estimate of drug-likeness (QED) is 0.932. The van der Waals surface area contributed by atoms with Crippen molar-refractivity contribution in [1.82, 2.24) is 4.90 Å². The van der Waals surface area contributed by atoms with Crippen LogP contribution in [-0.2, 0) is 9.53 Å². The lowest BCUT2D eigenvalue weighted by Gasteiger charge is -2.33. The predicted molar refractivity (Wildman–Crippen MR) is 88.3 cm³/mol. The minimum absolute atomic E-state index is 0.00207. The maximum Gasteiger partial charge on any atom is 0.254 e. The minimum Gasteiger partial charge on any atom is -0.377 e. The number of hydrogen-bond donors (Lipinski definition) is 1. The molecule has 23 heavy (non-hydrogen) atoms. The number of hydrogen-bond acceptors (Lipinski definition) is 3. The molecule has 2 amide bonds. The molecule has 1 heterocycles. The van der Waals surface area contributed by atoms with Crippen LogP contribution in [0.1, 0.15) is 43.0 Å². The molecule has 124 valence electrons. The fourth-order valence-corrected chi connectivity index (χ4v) is 3.36. The van der Waals surface area contributed by atoms with E-state index < -0.39 is 0 Å². The summed E-state index contributed by atoms with van der Waals surface area (Å²) in [5, 5.41) is 2.96. The number of carbonyl (C=O) groups excluding carboxylic acids is 2. The average molecular weight is 316 g/mol. The summed E-state index contributed by atoms with van der Waals surface area (Å²) < 4.78 is 5.38. The van der Waals surface area contributed by atoms with E-state index >= 15 is 0 Å². The van der Waals surface area contributed by atoms with Gasteiger partial charge in [0, 0.05) is 23.7 Å². The predicted octanol–water partition coefficient (Wildman–Crippen LogP) is 2.68. The van der Waals surface area contributed by atoms with E-state index in [1.807, 2.05) is 24.0 Å². The molecule has 5 heteroatoms. The maximum absolute atomic E-state index is 12.7. The van der Waals surface area contributed by atoms with Crippen molar-refractivity contribution < 1.29 is 14.3 Å². The summed E-state index contributed by atoms with van der Waals surface area (Å²) in [6, 6.07) is 7.32. The number of carbonyl (C=O) groups is 2. The smallest absolute Gasteiger partial charge is 0.254 e. The van der Waals surface area contributed by atoms with Gasteiger partial charge in [0.25, 0.3) is 5.91 Å².